The van der Waals surface area contributed by atoms with Crippen molar-refractivity contribution in [2.24, 2.45) is 17.3 Å². The fourth-order valence-corrected chi connectivity index (χ4v) is 4.83. The van der Waals surface area contributed by atoms with E-state index in [2.05, 4.69) is 11.6 Å². The molecule has 0 radical (unpaired) electrons. The third-order valence-electron chi connectivity index (χ3n) is 6.35. The number of allylic oxidation sites excluding steroid dienone is 3. The van der Waals surface area contributed by atoms with Crippen LogP contribution in [0.4, 0.5) is 4.39 Å². The molecule has 3 N–H and O–H groups in total. The van der Waals surface area contributed by atoms with Crippen molar-refractivity contribution < 1.29 is 19.7 Å². The van der Waals surface area contributed by atoms with Crippen LogP contribution in [0.25, 0.3) is 0 Å². The summed E-state index contributed by atoms with van der Waals surface area (Å²) in [5.41, 5.74) is 1.19. The minimum Gasteiger partial charge on any atom is -0.393 e. The molecular formula is C26H44FNO3S. The number of rotatable bonds is 15. The molecule has 0 bridgehead atoms. The van der Waals surface area contributed by atoms with Crippen LogP contribution in [0.3, 0.4) is 0 Å². The van der Waals surface area contributed by atoms with Gasteiger partial charge in [0.1, 0.15) is 0 Å². The number of hydrogen-bond acceptors (Lipinski definition) is 5. The molecule has 0 fully saturated rings. The smallest absolute Gasteiger partial charge is 0.0993 e. The lowest BCUT2D eigenvalue weighted by Crippen LogP contribution is -2.36. The molecule has 0 saturated carbocycles. The highest BCUT2D eigenvalue weighted by Gasteiger charge is 2.34. The van der Waals surface area contributed by atoms with E-state index in [-0.39, 0.29) is 24.1 Å². The molecule has 1 rings (SSSR count). The van der Waals surface area contributed by atoms with E-state index < -0.39 is 23.7 Å². The van der Waals surface area contributed by atoms with E-state index in [9.17, 15) is 19.7 Å². The van der Waals surface area contributed by atoms with Crippen molar-refractivity contribution >= 4 is 11.3 Å². The van der Waals surface area contributed by atoms with Crippen LogP contribution in [-0.2, 0) is 0 Å². The molecule has 4 nitrogen and oxygen atoms in total. The van der Waals surface area contributed by atoms with Gasteiger partial charge in [0.05, 0.1) is 34.8 Å². The first-order valence-electron chi connectivity index (χ1n) is 11.8. The molecule has 6 heteroatoms. The number of hydrogen-bond donors (Lipinski definition) is 3. The maximum atomic E-state index is 13.9. The predicted octanol–water partition coefficient (Wildman–Crippen LogP) is 6.67. The van der Waals surface area contributed by atoms with Gasteiger partial charge in [-0.3, -0.25) is 0 Å². The third kappa shape index (κ3) is 10.2. The normalized spacial score (nSPS) is 17.6. The molecule has 0 aliphatic heterocycles. The van der Waals surface area contributed by atoms with Crippen LogP contribution in [0.1, 0.15) is 96.4 Å². The molecule has 0 spiro atoms. The average Bonchev–Trinajstić information content (AvgIpc) is 3.13. The molecule has 0 amide bonds. The summed E-state index contributed by atoms with van der Waals surface area (Å²) in [6.45, 7) is 15.6. The number of aryl methyl sites for hydroxylation is 1. The van der Waals surface area contributed by atoms with Crippen LogP contribution in [-0.4, -0.2) is 32.5 Å². The zero-order chi connectivity index (χ0) is 24.5. The Morgan fingerprint density at radius 2 is 1.88 bits per heavy atom. The largest absolute Gasteiger partial charge is 0.393 e. The van der Waals surface area contributed by atoms with Crippen LogP contribution in [0.5, 0.6) is 0 Å². The van der Waals surface area contributed by atoms with Gasteiger partial charge in [-0.15, -0.1) is 17.9 Å². The van der Waals surface area contributed by atoms with Gasteiger partial charge in [-0.25, -0.2) is 9.37 Å². The first-order valence-corrected chi connectivity index (χ1v) is 12.7. The van der Waals surface area contributed by atoms with Gasteiger partial charge >= 0.3 is 0 Å². The van der Waals surface area contributed by atoms with Crippen LogP contribution in [0, 0.1) is 24.2 Å². The van der Waals surface area contributed by atoms with Crippen LogP contribution < -0.4 is 0 Å². The Kier molecular flexibility index (Phi) is 12.3. The molecule has 184 valence electrons. The van der Waals surface area contributed by atoms with Crippen molar-refractivity contribution in [3.63, 3.8) is 0 Å². The summed E-state index contributed by atoms with van der Waals surface area (Å²) in [7, 11) is 0. The second kappa shape index (κ2) is 13.6. The minimum absolute atomic E-state index is 0.0238. The fraction of sp³-hybridized carbons (Fsp3) is 0.731. The Morgan fingerprint density at radius 3 is 2.44 bits per heavy atom. The SMILES string of the molecule is C=C(C)CCC=C(F)CCCC(C)C(O)C(C)CC(C)(C)C(O)CC(O)c1csc(C)n1. The lowest BCUT2D eigenvalue weighted by atomic mass is 9.73. The molecule has 32 heavy (non-hydrogen) atoms. The Morgan fingerprint density at radius 1 is 1.22 bits per heavy atom. The van der Waals surface area contributed by atoms with Crippen molar-refractivity contribution in [2.75, 3.05) is 0 Å². The highest BCUT2D eigenvalue weighted by atomic mass is 32.1. The minimum atomic E-state index is -0.799. The van der Waals surface area contributed by atoms with Crippen molar-refractivity contribution in [2.45, 2.75) is 105 Å². The summed E-state index contributed by atoms with van der Waals surface area (Å²) < 4.78 is 13.9. The Bertz CT molecular complexity index is 730. The van der Waals surface area contributed by atoms with E-state index in [4.69, 9.17) is 0 Å². The van der Waals surface area contributed by atoms with Crippen LogP contribution in [0.2, 0.25) is 0 Å². The lowest BCUT2D eigenvalue weighted by Gasteiger charge is -2.36. The van der Waals surface area contributed by atoms with E-state index in [0.29, 0.717) is 31.4 Å². The summed E-state index contributed by atoms with van der Waals surface area (Å²) in [4.78, 5) is 4.31. The first kappa shape index (κ1) is 29.0. The molecule has 1 aromatic rings. The van der Waals surface area contributed by atoms with Gasteiger partial charge in [0.2, 0.25) is 0 Å². The zero-order valence-electron chi connectivity index (χ0n) is 20.8. The Hall–Kier alpha value is -1.08. The van der Waals surface area contributed by atoms with Crippen molar-refractivity contribution in [3.05, 3.63) is 40.1 Å². The predicted molar refractivity (Wildman–Crippen MR) is 132 cm³/mol. The van der Waals surface area contributed by atoms with E-state index in [0.717, 1.165) is 23.4 Å². The molecule has 0 aliphatic carbocycles. The number of aliphatic hydroxyl groups is 3. The topological polar surface area (TPSA) is 73.6 Å². The van der Waals surface area contributed by atoms with Crippen LogP contribution >= 0.6 is 11.3 Å². The number of nitrogens with zero attached hydrogens (tertiary/aromatic N) is 1. The third-order valence-corrected chi connectivity index (χ3v) is 7.14. The van der Waals surface area contributed by atoms with Crippen LogP contribution in [0.15, 0.2) is 29.4 Å². The van der Waals surface area contributed by atoms with E-state index >= 15 is 0 Å². The average molecular weight is 470 g/mol. The molecule has 5 atom stereocenters. The molecule has 1 aromatic heterocycles. The Labute approximate surface area is 198 Å². The second-order valence-corrected chi connectivity index (χ2v) is 11.3. The Balaban J connectivity index is 2.48. The summed E-state index contributed by atoms with van der Waals surface area (Å²) in [5.74, 6) is -0.0619. The summed E-state index contributed by atoms with van der Waals surface area (Å²) >= 11 is 1.48. The number of aliphatic hydroxyl groups excluding tert-OH is 3. The highest BCUT2D eigenvalue weighted by molar-refractivity contribution is 7.09. The van der Waals surface area contributed by atoms with Gasteiger partial charge in [-0.2, -0.15) is 0 Å². The highest BCUT2D eigenvalue weighted by Crippen LogP contribution is 2.36. The number of halogens is 1. The van der Waals surface area contributed by atoms with Gasteiger partial charge in [-0.05, 0) is 69.6 Å². The quantitative estimate of drug-likeness (QED) is 0.251. The molecule has 1 heterocycles. The summed E-state index contributed by atoms with van der Waals surface area (Å²) in [6, 6.07) is 0. The first-order chi connectivity index (χ1) is 14.8. The summed E-state index contributed by atoms with van der Waals surface area (Å²) in [6.07, 6.45) is 3.78. The van der Waals surface area contributed by atoms with Gasteiger partial charge < -0.3 is 15.3 Å². The zero-order valence-corrected chi connectivity index (χ0v) is 21.6. The van der Waals surface area contributed by atoms with E-state index in [1.54, 1.807) is 6.08 Å². The number of thiazole rings is 1. The monoisotopic (exact) mass is 469 g/mol. The fourth-order valence-electron chi connectivity index (χ4n) is 4.17. The van der Waals surface area contributed by atoms with Gasteiger partial charge in [0.15, 0.2) is 0 Å². The molecule has 0 saturated heterocycles. The number of aromatic nitrogens is 1. The van der Waals surface area contributed by atoms with E-state index in [1.165, 1.54) is 11.3 Å². The molecule has 5 unspecified atom stereocenters. The summed E-state index contributed by atoms with van der Waals surface area (Å²) in [5, 5.41) is 34.7. The second-order valence-electron chi connectivity index (χ2n) is 10.2. The maximum Gasteiger partial charge on any atom is 0.0993 e. The van der Waals surface area contributed by atoms with Crippen molar-refractivity contribution in [1.29, 1.82) is 0 Å². The molecular weight excluding hydrogens is 425 g/mol. The van der Waals surface area contributed by atoms with Gasteiger partial charge in [-0.1, -0.05) is 39.3 Å². The van der Waals surface area contributed by atoms with Crippen molar-refractivity contribution in [3.8, 4) is 0 Å². The lowest BCUT2D eigenvalue weighted by molar-refractivity contribution is -0.0279. The van der Waals surface area contributed by atoms with E-state index in [1.807, 2.05) is 46.9 Å². The maximum absolute atomic E-state index is 13.9. The van der Waals surface area contributed by atoms with Gasteiger partial charge in [0, 0.05) is 11.8 Å². The van der Waals surface area contributed by atoms with Gasteiger partial charge in [0.25, 0.3) is 0 Å². The molecule has 0 aromatic carbocycles. The van der Waals surface area contributed by atoms with Crippen molar-refractivity contribution in [1.82, 2.24) is 4.98 Å². The standard InChI is InChI=1S/C26H44FNO3S/c1-17(2)10-8-12-21(27)13-9-11-18(3)25(31)19(4)15-26(6,7)24(30)14-23(29)22-16-32-20(5)28-22/h12,16,18-19,23-25,29-31H,1,8-11,13-15H2,2-7H3. The molecule has 0 aliphatic rings.